The third-order valence-corrected chi connectivity index (χ3v) is 4.96. The first-order valence-electron chi connectivity index (χ1n) is 9.54. The number of ether oxygens (including phenoxy) is 1. The van der Waals surface area contributed by atoms with Gasteiger partial charge in [-0.25, -0.2) is 13.6 Å². The second-order valence-corrected chi connectivity index (χ2v) is 7.53. The minimum Gasteiger partial charge on any atom is -0.453 e. The Kier molecular flexibility index (Phi) is 6.20. The number of carbonyl (C=O) groups is 2. The van der Waals surface area contributed by atoms with Gasteiger partial charge in [0, 0.05) is 43.2 Å². The van der Waals surface area contributed by atoms with E-state index in [1.54, 1.807) is 4.90 Å². The molecule has 29 heavy (non-hydrogen) atoms. The highest BCUT2D eigenvalue weighted by molar-refractivity contribution is 5.83. The van der Waals surface area contributed by atoms with Gasteiger partial charge in [-0.1, -0.05) is 19.9 Å². The van der Waals surface area contributed by atoms with Gasteiger partial charge in [0.1, 0.15) is 24.2 Å². The normalized spacial score (nSPS) is 15.9. The topological polar surface area (TPSA) is 54.8 Å². The standard InChI is InChI=1S/C21H25F2N3O3/c1-14(2)12-25(21(28)29-3)13-19(27)26-10-9-24-8-4-5-18(24)20(26)16-7-6-15(22)11-17(16)23/h4-8,11,14,20H,9-10,12-13H2,1-3H3/t20-/m0/s1. The lowest BCUT2D eigenvalue weighted by atomic mass is 9.99. The first-order chi connectivity index (χ1) is 13.8. The lowest BCUT2D eigenvalue weighted by molar-refractivity contribution is -0.135. The Morgan fingerprint density at radius 1 is 1.24 bits per heavy atom. The van der Waals surface area contributed by atoms with Crippen LogP contribution in [0, 0.1) is 17.6 Å². The molecular formula is C21H25F2N3O3. The van der Waals surface area contributed by atoms with Crippen molar-refractivity contribution in [3.05, 3.63) is 59.4 Å². The van der Waals surface area contributed by atoms with Crippen molar-refractivity contribution < 1.29 is 23.1 Å². The number of halogens is 2. The Bertz CT molecular complexity index is 897. The van der Waals surface area contributed by atoms with Crippen LogP contribution in [0.15, 0.2) is 36.5 Å². The molecule has 0 bridgehead atoms. The van der Waals surface area contributed by atoms with Crippen molar-refractivity contribution in [2.75, 3.05) is 26.7 Å². The summed E-state index contributed by atoms with van der Waals surface area (Å²) in [6.07, 6.45) is 1.28. The molecule has 156 valence electrons. The van der Waals surface area contributed by atoms with E-state index in [1.165, 1.54) is 24.1 Å². The highest BCUT2D eigenvalue weighted by Gasteiger charge is 2.35. The molecule has 2 heterocycles. The summed E-state index contributed by atoms with van der Waals surface area (Å²) in [4.78, 5) is 28.2. The van der Waals surface area contributed by atoms with Gasteiger partial charge in [-0.15, -0.1) is 0 Å². The molecule has 0 N–H and O–H groups in total. The number of hydrogen-bond donors (Lipinski definition) is 0. The Morgan fingerprint density at radius 2 is 2.00 bits per heavy atom. The molecule has 0 unspecified atom stereocenters. The third kappa shape index (κ3) is 4.41. The van der Waals surface area contributed by atoms with E-state index in [4.69, 9.17) is 4.74 Å². The van der Waals surface area contributed by atoms with Crippen LogP contribution in [0.5, 0.6) is 0 Å². The predicted octanol–water partition coefficient (Wildman–Crippen LogP) is 3.42. The predicted molar refractivity (Wildman–Crippen MR) is 103 cm³/mol. The number of methoxy groups -OCH3 is 1. The molecule has 0 spiro atoms. The van der Waals surface area contributed by atoms with Crippen LogP contribution in [0.2, 0.25) is 0 Å². The summed E-state index contributed by atoms with van der Waals surface area (Å²) < 4.78 is 34.8. The van der Waals surface area contributed by atoms with Crippen LogP contribution in [0.25, 0.3) is 0 Å². The third-order valence-electron chi connectivity index (χ3n) is 4.96. The quantitative estimate of drug-likeness (QED) is 0.766. The van der Waals surface area contributed by atoms with Gasteiger partial charge in [-0.3, -0.25) is 9.69 Å². The summed E-state index contributed by atoms with van der Waals surface area (Å²) >= 11 is 0. The molecule has 6 nitrogen and oxygen atoms in total. The highest BCUT2D eigenvalue weighted by atomic mass is 19.1. The largest absolute Gasteiger partial charge is 0.453 e. The van der Waals surface area contributed by atoms with E-state index < -0.39 is 23.8 Å². The van der Waals surface area contributed by atoms with Crippen molar-refractivity contribution in [2.45, 2.75) is 26.4 Å². The molecule has 3 rings (SSSR count). The first-order valence-corrected chi connectivity index (χ1v) is 9.54. The van der Waals surface area contributed by atoms with Crippen molar-refractivity contribution >= 4 is 12.0 Å². The maximum absolute atomic E-state index is 14.6. The van der Waals surface area contributed by atoms with Crippen LogP contribution in [-0.2, 0) is 16.1 Å². The van der Waals surface area contributed by atoms with Gasteiger partial charge in [0.2, 0.25) is 5.91 Å². The Hall–Kier alpha value is -2.90. The van der Waals surface area contributed by atoms with Crippen LogP contribution in [-0.4, -0.2) is 53.1 Å². The zero-order valence-corrected chi connectivity index (χ0v) is 16.8. The molecule has 0 radical (unpaired) electrons. The van der Waals surface area contributed by atoms with Gasteiger partial charge >= 0.3 is 6.09 Å². The molecule has 1 aliphatic rings. The van der Waals surface area contributed by atoms with Crippen molar-refractivity contribution in [1.29, 1.82) is 0 Å². The van der Waals surface area contributed by atoms with E-state index in [0.717, 1.165) is 11.8 Å². The fraction of sp³-hybridized carbons (Fsp3) is 0.429. The van der Waals surface area contributed by atoms with E-state index in [1.807, 2.05) is 36.7 Å². The number of rotatable bonds is 5. The van der Waals surface area contributed by atoms with Crippen LogP contribution < -0.4 is 0 Å². The summed E-state index contributed by atoms with van der Waals surface area (Å²) in [5.41, 5.74) is 0.955. The zero-order chi connectivity index (χ0) is 21.1. The SMILES string of the molecule is COC(=O)N(CC(=O)N1CCn2cccc2[C@@H]1c1ccc(F)cc1F)CC(C)C. The molecule has 2 aromatic rings. The van der Waals surface area contributed by atoms with Gasteiger partial charge in [0.05, 0.1) is 7.11 Å². The van der Waals surface area contributed by atoms with E-state index >= 15 is 0 Å². The Morgan fingerprint density at radius 3 is 2.66 bits per heavy atom. The van der Waals surface area contributed by atoms with Crippen LogP contribution in [0.3, 0.4) is 0 Å². The van der Waals surface area contributed by atoms with Gasteiger partial charge in [0.15, 0.2) is 0 Å². The summed E-state index contributed by atoms with van der Waals surface area (Å²) in [5, 5.41) is 0. The van der Waals surface area contributed by atoms with Crippen molar-refractivity contribution in [3.8, 4) is 0 Å². The Labute approximate surface area is 168 Å². The van der Waals surface area contributed by atoms with Gasteiger partial charge in [-0.2, -0.15) is 0 Å². The first kappa shape index (κ1) is 20.8. The average Bonchev–Trinajstić information content (AvgIpc) is 3.15. The molecule has 1 atom stereocenters. The van der Waals surface area contributed by atoms with Gasteiger partial charge in [0.25, 0.3) is 0 Å². The summed E-state index contributed by atoms with van der Waals surface area (Å²) in [6, 6.07) is 6.31. The van der Waals surface area contributed by atoms with Crippen molar-refractivity contribution in [1.82, 2.24) is 14.4 Å². The number of amides is 2. The monoisotopic (exact) mass is 405 g/mol. The van der Waals surface area contributed by atoms with Crippen molar-refractivity contribution in [2.24, 2.45) is 5.92 Å². The molecule has 0 saturated heterocycles. The lowest BCUT2D eigenvalue weighted by Crippen LogP contribution is -2.48. The van der Waals surface area contributed by atoms with E-state index in [-0.39, 0.29) is 23.9 Å². The summed E-state index contributed by atoms with van der Waals surface area (Å²) in [5.74, 6) is -1.57. The number of benzene rings is 1. The fourth-order valence-corrected chi connectivity index (χ4v) is 3.73. The molecular weight excluding hydrogens is 380 g/mol. The maximum atomic E-state index is 14.6. The molecule has 1 aromatic heterocycles. The lowest BCUT2D eigenvalue weighted by Gasteiger charge is -2.38. The molecule has 2 amide bonds. The fourth-order valence-electron chi connectivity index (χ4n) is 3.73. The van der Waals surface area contributed by atoms with Crippen LogP contribution >= 0.6 is 0 Å². The molecule has 1 aliphatic heterocycles. The van der Waals surface area contributed by atoms with E-state index in [0.29, 0.717) is 19.6 Å². The van der Waals surface area contributed by atoms with E-state index in [9.17, 15) is 18.4 Å². The average molecular weight is 405 g/mol. The number of nitrogens with zero attached hydrogens (tertiary/aromatic N) is 3. The molecule has 1 aromatic carbocycles. The Balaban J connectivity index is 1.93. The highest BCUT2D eigenvalue weighted by Crippen LogP contribution is 2.34. The smallest absolute Gasteiger partial charge is 0.409 e. The van der Waals surface area contributed by atoms with E-state index in [2.05, 4.69) is 0 Å². The zero-order valence-electron chi connectivity index (χ0n) is 16.8. The number of fused-ring (bicyclic) bond motifs is 1. The minimum absolute atomic E-state index is 0.144. The summed E-state index contributed by atoms with van der Waals surface area (Å²) in [7, 11) is 1.27. The molecule has 0 saturated carbocycles. The minimum atomic E-state index is -0.713. The maximum Gasteiger partial charge on any atom is 0.409 e. The number of aromatic nitrogens is 1. The number of carbonyl (C=O) groups excluding carboxylic acids is 2. The summed E-state index contributed by atoms with van der Waals surface area (Å²) in [6.45, 7) is 4.95. The molecule has 0 fully saturated rings. The molecule has 0 aliphatic carbocycles. The van der Waals surface area contributed by atoms with Crippen LogP contribution in [0.4, 0.5) is 13.6 Å². The second kappa shape index (κ2) is 8.63. The number of hydrogen-bond acceptors (Lipinski definition) is 3. The molecule has 8 heteroatoms. The van der Waals surface area contributed by atoms with Crippen LogP contribution in [0.1, 0.15) is 31.1 Å². The second-order valence-electron chi connectivity index (χ2n) is 7.53. The van der Waals surface area contributed by atoms with Gasteiger partial charge in [-0.05, 0) is 24.1 Å². The van der Waals surface area contributed by atoms with Crippen molar-refractivity contribution in [3.63, 3.8) is 0 Å². The van der Waals surface area contributed by atoms with Gasteiger partial charge < -0.3 is 14.2 Å².